The van der Waals surface area contributed by atoms with E-state index in [1.54, 1.807) is 12.1 Å². The van der Waals surface area contributed by atoms with Crippen LogP contribution in [0.15, 0.2) is 24.3 Å². The first-order valence-corrected chi connectivity index (χ1v) is 6.18. The molecule has 1 unspecified atom stereocenters. The molecular weight excluding hydrogens is 196 g/mol. The van der Waals surface area contributed by atoms with Crippen molar-refractivity contribution in [2.75, 3.05) is 0 Å². The molecule has 90 valence electrons. The molecule has 1 heteroatoms. The number of hydrogen-bond donors (Lipinski definition) is 1. The molecule has 16 heavy (non-hydrogen) atoms. The number of aromatic hydroxyl groups is 1. The molecule has 0 amide bonds. The van der Waals surface area contributed by atoms with Crippen molar-refractivity contribution in [1.29, 1.82) is 0 Å². The van der Waals surface area contributed by atoms with Crippen molar-refractivity contribution in [3.05, 3.63) is 29.8 Å². The van der Waals surface area contributed by atoms with Crippen molar-refractivity contribution < 1.29 is 5.11 Å². The Kier molecular flexibility index (Phi) is 4.01. The summed E-state index contributed by atoms with van der Waals surface area (Å²) in [5, 5.41) is 9.32. The van der Waals surface area contributed by atoms with Gasteiger partial charge in [0, 0.05) is 0 Å². The topological polar surface area (TPSA) is 20.2 Å². The van der Waals surface area contributed by atoms with E-state index < -0.39 is 0 Å². The molecule has 1 aromatic carbocycles. The first kappa shape index (κ1) is 13.1. The van der Waals surface area contributed by atoms with Crippen molar-refractivity contribution in [1.82, 2.24) is 0 Å². The van der Waals surface area contributed by atoms with Crippen LogP contribution in [0.2, 0.25) is 0 Å². The van der Waals surface area contributed by atoms with E-state index in [9.17, 15) is 5.11 Å². The highest BCUT2D eigenvalue weighted by molar-refractivity contribution is 5.29. The summed E-state index contributed by atoms with van der Waals surface area (Å²) in [7, 11) is 0. The largest absolute Gasteiger partial charge is 0.508 e. The van der Waals surface area contributed by atoms with Crippen LogP contribution in [0.4, 0.5) is 0 Å². The minimum Gasteiger partial charge on any atom is -0.508 e. The smallest absolute Gasteiger partial charge is 0.115 e. The molecule has 1 N–H and O–H groups in total. The lowest BCUT2D eigenvalue weighted by Gasteiger charge is -2.38. The Labute approximate surface area is 99.5 Å². The van der Waals surface area contributed by atoms with Crippen LogP contribution in [0.1, 0.15) is 52.5 Å². The normalized spacial score (nSPS) is 14.1. The van der Waals surface area contributed by atoms with Gasteiger partial charge in [-0.1, -0.05) is 46.8 Å². The molecule has 1 atom stereocenters. The van der Waals surface area contributed by atoms with Crippen molar-refractivity contribution >= 4 is 0 Å². The average molecular weight is 220 g/mol. The molecule has 0 bridgehead atoms. The second kappa shape index (κ2) is 4.90. The third-order valence-corrected chi connectivity index (χ3v) is 4.09. The van der Waals surface area contributed by atoms with Crippen molar-refractivity contribution in [2.45, 2.75) is 47.0 Å². The summed E-state index contributed by atoms with van der Waals surface area (Å²) in [5.74, 6) is 1.54. The van der Waals surface area contributed by atoms with E-state index in [2.05, 4.69) is 34.6 Å². The van der Waals surface area contributed by atoms with Crippen LogP contribution in [0.5, 0.6) is 5.75 Å². The van der Waals surface area contributed by atoms with Gasteiger partial charge in [-0.2, -0.15) is 0 Å². The molecule has 0 aromatic heterocycles. The van der Waals surface area contributed by atoms with E-state index in [1.807, 2.05) is 12.1 Å². The predicted octanol–water partition coefficient (Wildman–Crippen LogP) is 4.57. The zero-order valence-corrected chi connectivity index (χ0v) is 11.1. The fraction of sp³-hybridized carbons (Fsp3) is 0.600. The number of rotatable bonds is 4. The molecule has 0 heterocycles. The molecule has 0 saturated carbocycles. The first-order chi connectivity index (χ1) is 7.39. The minimum absolute atomic E-state index is 0.283. The lowest BCUT2D eigenvalue weighted by molar-refractivity contribution is 0.188. The van der Waals surface area contributed by atoms with Crippen molar-refractivity contribution in [3.8, 4) is 5.75 Å². The van der Waals surface area contributed by atoms with E-state index >= 15 is 0 Å². The second-order valence-corrected chi connectivity index (χ2v) is 5.53. The summed E-state index contributed by atoms with van der Waals surface area (Å²) in [4.78, 5) is 0. The van der Waals surface area contributed by atoms with Crippen LogP contribution in [-0.4, -0.2) is 5.11 Å². The van der Waals surface area contributed by atoms with Crippen LogP contribution in [0.3, 0.4) is 0 Å². The molecule has 0 fully saturated rings. The monoisotopic (exact) mass is 220 g/mol. The third kappa shape index (κ3) is 2.58. The highest BCUT2D eigenvalue weighted by atomic mass is 16.3. The summed E-state index contributed by atoms with van der Waals surface area (Å²) in [5.41, 5.74) is 1.62. The zero-order chi connectivity index (χ0) is 12.3. The van der Waals surface area contributed by atoms with Gasteiger partial charge in [-0.25, -0.2) is 0 Å². The van der Waals surface area contributed by atoms with E-state index in [1.165, 1.54) is 5.56 Å². The Morgan fingerprint density at radius 1 is 1.12 bits per heavy atom. The fourth-order valence-electron chi connectivity index (χ4n) is 2.30. The lowest BCUT2D eigenvalue weighted by Crippen LogP contribution is -2.27. The van der Waals surface area contributed by atoms with Crippen LogP contribution in [0, 0.1) is 11.3 Å². The number of benzene rings is 1. The fourth-order valence-corrected chi connectivity index (χ4v) is 2.30. The molecular formula is C15H24O. The molecule has 0 radical (unpaired) electrons. The summed E-state index contributed by atoms with van der Waals surface area (Å²) in [6, 6.07) is 7.67. The van der Waals surface area contributed by atoms with Gasteiger partial charge in [0.1, 0.15) is 5.75 Å². The lowest BCUT2D eigenvalue weighted by atomic mass is 9.67. The summed E-state index contributed by atoms with van der Waals surface area (Å²) in [6.45, 7) is 11.5. The highest BCUT2D eigenvalue weighted by Crippen LogP contribution is 2.43. The maximum absolute atomic E-state index is 9.32. The van der Waals surface area contributed by atoms with Gasteiger partial charge in [0.25, 0.3) is 0 Å². The first-order valence-electron chi connectivity index (χ1n) is 6.18. The third-order valence-electron chi connectivity index (χ3n) is 4.09. The second-order valence-electron chi connectivity index (χ2n) is 5.53. The van der Waals surface area contributed by atoms with Gasteiger partial charge in [-0.15, -0.1) is 0 Å². The Morgan fingerprint density at radius 3 is 2.00 bits per heavy atom. The van der Waals surface area contributed by atoms with Gasteiger partial charge in [-0.05, 0) is 41.4 Å². The Bertz CT molecular complexity index is 322. The molecule has 0 aliphatic carbocycles. The molecule has 1 aromatic rings. The Morgan fingerprint density at radius 2 is 1.62 bits per heavy atom. The maximum atomic E-state index is 9.32. The summed E-state index contributed by atoms with van der Waals surface area (Å²) in [6.07, 6.45) is 1.13. The number of phenols is 1. The summed E-state index contributed by atoms with van der Waals surface area (Å²) >= 11 is 0. The van der Waals surface area contributed by atoms with Gasteiger partial charge in [0.15, 0.2) is 0 Å². The Balaban J connectivity index is 3.03. The molecule has 1 rings (SSSR count). The van der Waals surface area contributed by atoms with Crippen LogP contribution in [0.25, 0.3) is 0 Å². The minimum atomic E-state index is 0.283. The standard InChI is InChI=1S/C15H24O/c1-6-14(15(4,5)11(2)3)12-7-9-13(16)10-8-12/h7-11,14,16H,6H2,1-5H3. The molecule has 0 aliphatic heterocycles. The van der Waals surface area contributed by atoms with E-state index in [0.717, 1.165) is 6.42 Å². The van der Waals surface area contributed by atoms with E-state index in [0.29, 0.717) is 17.6 Å². The number of phenolic OH excluding ortho intramolecular Hbond substituents is 1. The highest BCUT2D eigenvalue weighted by Gasteiger charge is 2.32. The molecule has 1 nitrogen and oxygen atoms in total. The van der Waals surface area contributed by atoms with Crippen LogP contribution >= 0.6 is 0 Å². The van der Waals surface area contributed by atoms with Gasteiger partial charge in [0.2, 0.25) is 0 Å². The molecule has 0 aliphatic rings. The van der Waals surface area contributed by atoms with E-state index in [-0.39, 0.29) is 5.41 Å². The Hall–Kier alpha value is -0.980. The van der Waals surface area contributed by atoms with Crippen LogP contribution in [-0.2, 0) is 0 Å². The van der Waals surface area contributed by atoms with E-state index in [4.69, 9.17) is 0 Å². The number of hydrogen-bond acceptors (Lipinski definition) is 1. The van der Waals surface area contributed by atoms with Crippen molar-refractivity contribution in [3.63, 3.8) is 0 Å². The van der Waals surface area contributed by atoms with Crippen LogP contribution < -0.4 is 0 Å². The maximum Gasteiger partial charge on any atom is 0.115 e. The zero-order valence-electron chi connectivity index (χ0n) is 11.1. The predicted molar refractivity (Wildman–Crippen MR) is 69.8 cm³/mol. The van der Waals surface area contributed by atoms with Gasteiger partial charge in [0.05, 0.1) is 0 Å². The quantitative estimate of drug-likeness (QED) is 0.788. The SMILES string of the molecule is CCC(c1ccc(O)cc1)C(C)(C)C(C)C. The molecule has 0 saturated heterocycles. The average Bonchev–Trinajstić information content (AvgIpc) is 2.21. The van der Waals surface area contributed by atoms with Crippen molar-refractivity contribution in [2.24, 2.45) is 11.3 Å². The van der Waals surface area contributed by atoms with Gasteiger partial charge in [-0.3, -0.25) is 0 Å². The summed E-state index contributed by atoms with van der Waals surface area (Å²) < 4.78 is 0. The van der Waals surface area contributed by atoms with Gasteiger partial charge < -0.3 is 5.11 Å². The van der Waals surface area contributed by atoms with Gasteiger partial charge >= 0.3 is 0 Å². The molecule has 0 spiro atoms.